The van der Waals surface area contributed by atoms with E-state index in [1.165, 1.54) is 10.6 Å². The Hall–Kier alpha value is 0.816. The molecule has 0 atom stereocenters. The molecule has 0 bridgehead atoms. The number of rotatable bonds is 3. The molecule has 59 valence electrons. The first-order valence-electron chi connectivity index (χ1n) is 3.49. The molecule has 0 unspecified atom stereocenters. The molecule has 1 radical (unpaired) electrons. The van der Waals surface area contributed by atoms with Crippen LogP contribution in [0.15, 0.2) is 0 Å². The topological polar surface area (TPSA) is 12.5 Å². The van der Waals surface area contributed by atoms with Crippen molar-refractivity contribution < 1.29 is 4.74 Å². The SMILES string of the molecule is CN(C)CC1([CH2][Po])COC1. The van der Waals surface area contributed by atoms with Crippen LogP contribution in [0.5, 0.6) is 0 Å². The Bertz CT molecular complexity index is 107. The quantitative estimate of drug-likeness (QED) is 0.727. The second kappa shape index (κ2) is 3.48. The van der Waals surface area contributed by atoms with Crippen LogP contribution >= 0.6 is 0 Å². The predicted molar refractivity (Wildman–Crippen MR) is 42.4 cm³/mol. The predicted octanol–water partition coefficient (Wildman–Crippen LogP) is 0.151. The van der Waals surface area contributed by atoms with E-state index in [9.17, 15) is 0 Å². The molecule has 0 amide bonds. The fraction of sp³-hybridized carbons (Fsp3) is 1.00. The van der Waals surface area contributed by atoms with Crippen molar-refractivity contribution in [1.82, 2.24) is 4.90 Å². The van der Waals surface area contributed by atoms with Gasteiger partial charge in [-0.15, -0.1) is 0 Å². The van der Waals surface area contributed by atoms with Gasteiger partial charge in [-0.3, -0.25) is 0 Å². The zero-order valence-electron chi connectivity index (χ0n) is 6.59. The summed E-state index contributed by atoms with van der Waals surface area (Å²) in [6.07, 6.45) is 0. The van der Waals surface area contributed by atoms with E-state index >= 15 is 0 Å². The van der Waals surface area contributed by atoms with Crippen molar-refractivity contribution in [1.29, 1.82) is 0 Å². The van der Waals surface area contributed by atoms with Crippen LogP contribution in [0.4, 0.5) is 0 Å². The molecule has 2 nitrogen and oxygen atoms in total. The van der Waals surface area contributed by atoms with Gasteiger partial charge in [-0.2, -0.15) is 0 Å². The normalized spacial score (nSPS) is 22.8. The molecular weight excluding hydrogens is 323 g/mol. The summed E-state index contributed by atoms with van der Waals surface area (Å²) in [5.41, 5.74) is 0.527. The van der Waals surface area contributed by atoms with Crippen molar-refractivity contribution in [2.24, 2.45) is 5.41 Å². The van der Waals surface area contributed by atoms with Crippen molar-refractivity contribution in [2.75, 3.05) is 33.9 Å². The van der Waals surface area contributed by atoms with Gasteiger partial charge < -0.3 is 0 Å². The van der Waals surface area contributed by atoms with Gasteiger partial charge in [0.25, 0.3) is 0 Å². The van der Waals surface area contributed by atoms with Gasteiger partial charge in [0.05, 0.1) is 0 Å². The molecule has 0 spiro atoms. The third kappa shape index (κ3) is 1.90. The van der Waals surface area contributed by atoms with E-state index in [-0.39, 0.29) is 0 Å². The first-order valence-corrected chi connectivity index (χ1v) is 5.74. The third-order valence-corrected chi connectivity index (χ3v) is 4.15. The molecule has 1 aliphatic heterocycles. The Morgan fingerprint density at radius 2 is 2.10 bits per heavy atom. The van der Waals surface area contributed by atoms with Crippen LogP contribution < -0.4 is 0 Å². The molecule has 0 aromatic heterocycles. The summed E-state index contributed by atoms with van der Waals surface area (Å²) < 4.78 is 6.54. The molecule has 1 heterocycles. The van der Waals surface area contributed by atoms with Gasteiger partial charge in [0, 0.05) is 0 Å². The van der Waals surface area contributed by atoms with E-state index in [0.29, 0.717) is 5.41 Å². The maximum atomic E-state index is 5.22. The molecule has 1 rings (SSSR count). The Balaban J connectivity index is 2.33. The molecule has 0 N–H and O–H groups in total. The first kappa shape index (κ1) is 8.91. The van der Waals surface area contributed by atoms with Crippen LogP contribution in [0, 0.1) is 5.41 Å². The standard InChI is InChI=1S/C7H14NO.Po/c1-7(4-8(2)3)5-9-6-7;/h1,4-6H2,2-3H3;. The number of hydrogen-bond acceptors (Lipinski definition) is 2. The molecule has 1 aliphatic rings. The van der Waals surface area contributed by atoms with Crippen LogP contribution in [0.2, 0.25) is 4.08 Å². The number of ether oxygens (including phenoxy) is 1. The van der Waals surface area contributed by atoms with Crippen molar-refractivity contribution >= 4 is 25.1 Å². The van der Waals surface area contributed by atoms with Crippen molar-refractivity contribution in [3.8, 4) is 0 Å². The first-order chi connectivity index (χ1) is 4.68. The molecule has 3 heteroatoms. The van der Waals surface area contributed by atoms with E-state index in [1.54, 1.807) is 25.1 Å². The van der Waals surface area contributed by atoms with Crippen LogP contribution in [-0.4, -0.2) is 63.8 Å². The Kier molecular flexibility index (Phi) is 3.10. The summed E-state index contributed by atoms with van der Waals surface area (Å²) in [5, 5.41) is 0. The Morgan fingerprint density at radius 1 is 1.50 bits per heavy atom. The molecule has 1 saturated heterocycles. The Morgan fingerprint density at radius 3 is 2.20 bits per heavy atom. The van der Waals surface area contributed by atoms with Gasteiger partial charge in [-0.1, -0.05) is 0 Å². The Labute approximate surface area is 78.0 Å². The minimum absolute atomic E-state index is 0.527. The average molecular weight is 337 g/mol. The van der Waals surface area contributed by atoms with Gasteiger partial charge in [0.2, 0.25) is 0 Å². The number of nitrogens with zero attached hydrogens (tertiary/aromatic N) is 1. The fourth-order valence-corrected chi connectivity index (χ4v) is 2.28. The van der Waals surface area contributed by atoms with Crippen molar-refractivity contribution in [3.63, 3.8) is 0 Å². The summed E-state index contributed by atoms with van der Waals surface area (Å²) in [6, 6.07) is 0. The minimum atomic E-state index is 0.527. The van der Waals surface area contributed by atoms with E-state index < -0.39 is 0 Å². The fourth-order valence-electron chi connectivity index (χ4n) is 1.28. The monoisotopic (exact) mass is 337 g/mol. The molecule has 1 fully saturated rings. The molecule has 0 aromatic carbocycles. The van der Waals surface area contributed by atoms with Gasteiger partial charge >= 0.3 is 78.1 Å². The van der Waals surface area contributed by atoms with Gasteiger partial charge in [-0.25, -0.2) is 0 Å². The molecule has 10 heavy (non-hydrogen) atoms. The average Bonchev–Trinajstić information content (AvgIpc) is 1.78. The summed E-state index contributed by atoms with van der Waals surface area (Å²) in [5.74, 6) is 0. The van der Waals surface area contributed by atoms with Crippen molar-refractivity contribution in [3.05, 3.63) is 0 Å². The third-order valence-electron chi connectivity index (χ3n) is 1.77. The van der Waals surface area contributed by atoms with E-state index in [2.05, 4.69) is 19.0 Å². The molecular formula is C7H14NOPo. The summed E-state index contributed by atoms with van der Waals surface area (Å²) >= 11 is 1.68. The summed E-state index contributed by atoms with van der Waals surface area (Å²) in [7, 11) is 4.26. The van der Waals surface area contributed by atoms with Gasteiger partial charge in [0.15, 0.2) is 0 Å². The van der Waals surface area contributed by atoms with Crippen LogP contribution in [0.25, 0.3) is 0 Å². The van der Waals surface area contributed by atoms with Crippen LogP contribution in [-0.2, 0) is 4.74 Å². The molecule has 0 saturated carbocycles. The second-order valence-electron chi connectivity index (χ2n) is 3.37. The summed E-state index contributed by atoms with van der Waals surface area (Å²) in [4.78, 5) is 2.26. The second-order valence-corrected chi connectivity index (χ2v) is 4.50. The van der Waals surface area contributed by atoms with Gasteiger partial charge in [0.1, 0.15) is 0 Å². The van der Waals surface area contributed by atoms with Crippen LogP contribution in [0.3, 0.4) is 0 Å². The summed E-state index contributed by atoms with van der Waals surface area (Å²) in [6.45, 7) is 3.15. The van der Waals surface area contributed by atoms with E-state index in [1.807, 2.05) is 0 Å². The van der Waals surface area contributed by atoms with E-state index in [0.717, 1.165) is 13.2 Å². The zero-order valence-corrected chi connectivity index (χ0v) is 9.77. The molecule has 0 aliphatic carbocycles. The van der Waals surface area contributed by atoms with Gasteiger partial charge in [-0.05, 0) is 0 Å². The van der Waals surface area contributed by atoms with Crippen molar-refractivity contribution in [2.45, 2.75) is 4.08 Å². The maximum absolute atomic E-state index is 5.22. The van der Waals surface area contributed by atoms with Crippen LogP contribution in [0.1, 0.15) is 0 Å². The number of hydrogen-bond donors (Lipinski definition) is 0. The van der Waals surface area contributed by atoms with E-state index in [4.69, 9.17) is 4.74 Å². The molecule has 0 aromatic rings. The zero-order chi connectivity index (χ0) is 7.61.